The molecular weight excluding hydrogens is 673 g/mol. The van der Waals surface area contributed by atoms with Gasteiger partial charge in [0, 0.05) is 33.5 Å². The van der Waals surface area contributed by atoms with Crippen LogP contribution in [0.5, 0.6) is 0 Å². The van der Waals surface area contributed by atoms with E-state index in [4.69, 9.17) is 16.7 Å². The van der Waals surface area contributed by atoms with Crippen LogP contribution < -0.4 is 5.32 Å². The van der Waals surface area contributed by atoms with Gasteiger partial charge in [-0.25, -0.2) is 0 Å². The van der Waals surface area contributed by atoms with Gasteiger partial charge in [0.15, 0.2) is 5.54 Å². The van der Waals surface area contributed by atoms with Crippen molar-refractivity contribution < 1.29 is 9.59 Å². The van der Waals surface area contributed by atoms with Crippen LogP contribution in [0.15, 0.2) is 85.1 Å². The van der Waals surface area contributed by atoms with E-state index in [9.17, 15) is 9.59 Å². The first kappa shape index (κ1) is 32.7. The number of nitrogens with zero attached hydrogens (tertiary/aromatic N) is 4. The van der Waals surface area contributed by atoms with Crippen molar-refractivity contribution in [2.45, 2.75) is 71.0 Å². The third-order valence-corrected chi connectivity index (χ3v) is 8.55. The summed E-state index contributed by atoms with van der Waals surface area (Å²) in [7, 11) is 0. The third kappa shape index (κ3) is 8.23. The van der Waals surface area contributed by atoms with Crippen LogP contribution in [0.25, 0.3) is 0 Å². The van der Waals surface area contributed by atoms with Gasteiger partial charge >= 0.3 is 0 Å². The van der Waals surface area contributed by atoms with Crippen LogP contribution in [0, 0.1) is 3.57 Å². The molecule has 0 spiro atoms. The van der Waals surface area contributed by atoms with Crippen LogP contribution in [0.1, 0.15) is 69.3 Å². The molecule has 1 aromatic heterocycles. The Bertz CT molecular complexity index is 1500. The van der Waals surface area contributed by atoms with Gasteiger partial charge in [-0.3, -0.25) is 9.59 Å². The summed E-state index contributed by atoms with van der Waals surface area (Å²) >= 11 is 8.68. The number of rotatable bonds is 11. The van der Waals surface area contributed by atoms with Gasteiger partial charge in [-0.05, 0) is 92.0 Å². The van der Waals surface area contributed by atoms with Crippen molar-refractivity contribution in [1.29, 1.82) is 0 Å². The highest BCUT2D eigenvalue weighted by molar-refractivity contribution is 14.1. The molecule has 4 aromatic rings. The van der Waals surface area contributed by atoms with Crippen LogP contribution in [-0.4, -0.2) is 43.8 Å². The standard InChI is InChI=1S/C34H39ClIN5O2/c1-24(42)40(20-19-29(25-12-8-6-9-13-25)26-14-10-7-11-15-26)34(5,32(43)38-33(2,3)4)31-23-37-41(39-31)21-18-27-16-17-28(36)22-30(27)35/h6-17,22-23,29H,18-21H2,1-5H3,(H,38,43)/t34-/m1/s1. The molecular formula is C34H39ClIN5O2. The van der Waals surface area contributed by atoms with E-state index in [2.05, 4.69) is 57.3 Å². The van der Waals surface area contributed by atoms with Gasteiger partial charge in [0.05, 0.1) is 12.7 Å². The Hall–Kier alpha value is -3.24. The molecule has 9 heteroatoms. The monoisotopic (exact) mass is 711 g/mol. The van der Waals surface area contributed by atoms with E-state index >= 15 is 0 Å². The van der Waals surface area contributed by atoms with Crippen LogP contribution in [0.4, 0.5) is 0 Å². The Morgan fingerprint density at radius 2 is 1.58 bits per heavy atom. The van der Waals surface area contributed by atoms with Gasteiger partial charge in [-0.15, -0.1) is 0 Å². The molecule has 0 aliphatic heterocycles. The van der Waals surface area contributed by atoms with Crippen LogP contribution in [-0.2, 0) is 28.1 Å². The number of amides is 2. The topological polar surface area (TPSA) is 80.1 Å². The second kappa shape index (κ2) is 14.0. The summed E-state index contributed by atoms with van der Waals surface area (Å²) < 4.78 is 1.07. The lowest BCUT2D eigenvalue weighted by atomic mass is 9.87. The van der Waals surface area contributed by atoms with E-state index in [-0.39, 0.29) is 17.7 Å². The van der Waals surface area contributed by atoms with E-state index in [0.29, 0.717) is 36.6 Å². The van der Waals surface area contributed by atoms with Gasteiger partial charge in [0.1, 0.15) is 5.69 Å². The van der Waals surface area contributed by atoms with Crippen molar-refractivity contribution in [2.24, 2.45) is 0 Å². The third-order valence-electron chi connectivity index (χ3n) is 7.53. The van der Waals surface area contributed by atoms with E-state index in [1.54, 1.807) is 22.8 Å². The van der Waals surface area contributed by atoms with E-state index in [1.807, 2.05) is 75.4 Å². The number of benzene rings is 3. The second-order valence-electron chi connectivity index (χ2n) is 11.9. The summed E-state index contributed by atoms with van der Waals surface area (Å²) in [6, 6.07) is 26.5. The predicted octanol–water partition coefficient (Wildman–Crippen LogP) is 6.98. The maximum absolute atomic E-state index is 14.1. The summed E-state index contributed by atoms with van der Waals surface area (Å²) in [6.07, 6.45) is 2.84. The molecule has 0 bridgehead atoms. The second-order valence-corrected chi connectivity index (χ2v) is 13.6. The quantitative estimate of drug-likeness (QED) is 0.170. The Kier molecular flexibility index (Phi) is 10.7. The zero-order valence-corrected chi connectivity index (χ0v) is 28.3. The summed E-state index contributed by atoms with van der Waals surface area (Å²) in [5.41, 5.74) is 1.79. The number of halogens is 2. The first-order valence-electron chi connectivity index (χ1n) is 14.4. The minimum Gasteiger partial charge on any atom is -0.349 e. The molecule has 0 radical (unpaired) electrons. The maximum Gasteiger partial charge on any atom is 0.252 e. The average molecular weight is 712 g/mol. The lowest BCUT2D eigenvalue weighted by molar-refractivity contribution is -0.147. The molecule has 0 saturated carbocycles. The van der Waals surface area contributed by atoms with Gasteiger partial charge in [-0.2, -0.15) is 15.0 Å². The molecule has 1 heterocycles. The molecule has 4 rings (SSSR count). The molecule has 0 aliphatic carbocycles. The summed E-state index contributed by atoms with van der Waals surface area (Å²) in [5.74, 6) is -0.487. The number of nitrogens with one attached hydrogen (secondary N) is 1. The van der Waals surface area contributed by atoms with Crippen molar-refractivity contribution >= 4 is 46.0 Å². The molecule has 0 fully saturated rings. The van der Waals surface area contributed by atoms with Crippen molar-refractivity contribution in [2.75, 3.05) is 6.54 Å². The van der Waals surface area contributed by atoms with E-state index < -0.39 is 11.1 Å². The van der Waals surface area contributed by atoms with E-state index in [1.165, 1.54) is 6.92 Å². The smallest absolute Gasteiger partial charge is 0.252 e. The number of hydrogen-bond donors (Lipinski definition) is 1. The highest BCUT2D eigenvalue weighted by Crippen LogP contribution is 2.33. The Balaban J connectivity index is 1.66. The molecule has 0 aliphatic rings. The normalized spacial score (nSPS) is 13.0. The molecule has 43 heavy (non-hydrogen) atoms. The first-order chi connectivity index (χ1) is 20.4. The fourth-order valence-electron chi connectivity index (χ4n) is 5.26. The van der Waals surface area contributed by atoms with Crippen molar-refractivity contribution in [1.82, 2.24) is 25.2 Å². The molecule has 7 nitrogen and oxygen atoms in total. The molecule has 0 unspecified atom stereocenters. The fourth-order valence-corrected chi connectivity index (χ4v) is 6.21. The molecule has 1 atom stereocenters. The maximum atomic E-state index is 14.1. The number of aromatic nitrogens is 3. The minimum atomic E-state index is -1.39. The Morgan fingerprint density at radius 1 is 0.977 bits per heavy atom. The van der Waals surface area contributed by atoms with Crippen LogP contribution in [0.2, 0.25) is 5.02 Å². The highest BCUT2D eigenvalue weighted by atomic mass is 127. The van der Waals surface area contributed by atoms with Gasteiger partial charge in [-0.1, -0.05) is 78.3 Å². The summed E-state index contributed by atoms with van der Waals surface area (Å²) in [5, 5.41) is 13.0. The van der Waals surface area contributed by atoms with Crippen molar-refractivity contribution in [3.05, 3.63) is 116 Å². The molecule has 3 aromatic carbocycles. The van der Waals surface area contributed by atoms with Gasteiger partial charge < -0.3 is 10.2 Å². The highest BCUT2D eigenvalue weighted by Gasteiger charge is 2.46. The molecule has 0 saturated heterocycles. The fraction of sp³-hybridized carbons (Fsp3) is 0.353. The number of hydrogen-bond acceptors (Lipinski definition) is 4. The molecule has 1 N–H and O–H groups in total. The first-order valence-corrected chi connectivity index (χ1v) is 15.9. The van der Waals surface area contributed by atoms with E-state index in [0.717, 1.165) is 20.3 Å². The SMILES string of the molecule is CC(=O)N(CCC(c1ccccc1)c1ccccc1)[C@@](C)(C(=O)NC(C)(C)C)c1cnn(CCc2ccc(I)cc2Cl)n1. The number of aryl methyl sites for hydroxylation is 2. The minimum absolute atomic E-state index is 0.0357. The zero-order chi connectivity index (χ0) is 31.2. The predicted molar refractivity (Wildman–Crippen MR) is 180 cm³/mol. The Labute approximate surface area is 273 Å². The summed E-state index contributed by atoms with van der Waals surface area (Å²) in [4.78, 5) is 30.7. The van der Waals surface area contributed by atoms with Gasteiger partial charge in [0.25, 0.3) is 5.91 Å². The number of carbonyl (C=O) groups excluding carboxylic acids is 2. The number of carbonyl (C=O) groups is 2. The lowest BCUT2D eigenvalue weighted by Crippen LogP contribution is -2.59. The van der Waals surface area contributed by atoms with Crippen molar-refractivity contribution in [3.63, 3.8) is 0 Å². The molecule has 226 valence electrons. The largest absolute Gasteiger partial charge is 0.349 e. The lowest BCUT2D eigenvalue weighted by Gasteiger charge is -2.40. The van der Waals surface area contributed by atoms with Gasteiger partial charge in [0.2, 0.25) is 5.91 Å². The zero-order valence-electron chi connectivity index (χ0n) is 25.3. The Morgan fingerprint density at radius 3 is 2.12 bits per heavy atom. The average Bonchev–Trinajstić information content (AvgIpc) is 3.44. The van der Waals surface area contributed by atoms with Crippen molar-refractivity contribution in [3.8, 4) is 0 Å². The van der Waals surface area contributed by atoms with Crippen LogP contribution in [0.3, 0.4) is 0 Å². The van der Waals surface area contributed by atoms with Crippen LogP contribution >= 0.6 is 34.2 Å². The molecule has 2 amide bonds. The summed E-state index contributed by atoms with van der Waals surface area (Å²) in [6.45, 7) is 9.85.